The zero-order chi connectivity index (χ0) is 10.5. The molecular formula is C10H18N4S. The van der Waals surface area contributed by atoms with E-state index in [-0.39, 0.29) is 0 Å². The molecule has 5 heteroatoms. The molecule has 4 nitrogen and oxygen atoms in total. The van der Waals surface area contributed by atoms with Gasteiger partial charge in [-0.05, 0) is 50.4 Å². The van der Waals surface area contributed by atoms with Crippen molar-refractivity contribution in [2.45, 2.75) is 19.4 Å². The van der Waals surface area contributed by atoms with Crippen LogP contribution in [0, 0.1) is 5.92 Å². The van der Waals surface area contributed by atoms with Crippen molar-refractivity contribution in [1.82, 2.24) is 19.8 Å². The third kappa shape index (κ3) is 3.22. The Balaban J connectivity index is 1.82. The molecule has 0 saturated carbocycles. The van der Waals surface area contributed by atoms with Gasteiger partial charge in [0.15, 0.2) is 0 Å². The molecule has 0 spiro atoms. The molecule has 1 atom stereocenters. The largest absolute Gasteiger partial charge is 0.319 e. The van der Waals surface area contributed by atoms with Gasteiger partial charge in [0.2, 0.25) is 0 Å². The van der Waals surface area contributed by atoms with E-state index in [0.717, 1.165) is 24.7 Å². The van der Waals surface area contributed by atoms with Crippen LogP contribution < -0.4 is 5.32 Å². The van der Waals surface area contributed by atoms with Gasteiger partial charge in [0.05, 0.1) is 5.69 Å². The van der Waals surface area contributed by atoms with Crippen LogP contribution in [0.15, 0.2) is 5.38 Å². The maximum absolute atomic E-state index is 4.09. The molecule has 2 rings (SSSR count). The summed E-state index contributed by atoms with van der Waals surface area (Å²) in [4.78, 5) is 2.49. The summed E-state index contributed by atoms with van der Waals surface area (Å²) in [6.45, 7) is 4.50. The van der Waals surface area contributed by atoms with Gasteiger partial charge in [-0.25, -0.2) is 0 Å². The first-order valence-corrected chi connectivity index (χ1v) is 6.35. The third-order valence-corrected chi connectivity index (χ3v) is 3.44. The van der Waals surface area contributed by atoms with Gasteiger partial charge in [0.1, 0.15) is 0 Å². The summed E-state index contributed by atoms with van der Waals surface area (Å²) in [5.74, 6) is 0.801. The van der Waals surface area contributed by atoms with Crippen LogP contribution in [0.4, 0.5) is 0 Å². The smallest absolute Gasteiger partial charge is 0.0895 e. The van der Waals surface area contributed by atoms with Crippen LogP contribution in [0.2, 0.25) is 0 Å². The Hall–Kier alpha value is -0.520. The summed E-state index contributed by atoms with van der Waals surface area (Å²) in [7, 11) is 2.03. The van der Waals surface area contributed by atoms with Crippen molar-refractivity contribution in [2.24, 2.45) is 5.92 Å². The van der Waals surface area contributed by atoms with Gasteiger partial charge in [0, 0.05) is 18.5 Å². The summed E-state index contributed by atoms with van der Waals surface area (Å²) < 4.78 is 3.90. The number of nitrogens with zero attached hydrogens (tertiary/aromatic N) is 3. The lowest BCUT2D eigenvalue weighted by Gasteiger charge is -2.31. The highest BCUT2D eigenvalue weighted by molar-refractivity contribution is 7.03. The molecule has 2 heterocycles. The Morgan fingerprint density at radius 3 is 3.33 bits per heavy atom. The van der Waals surface area contributed by atoms with Crippen LogP contribution >= 0.6 is 11.5 Å². The molecule has 1 aromatic heterocycles. The molecule has 1 aliphatic heterocycles. The second-order valence-corrected chi connectivity index (χ2v) is 4.81. The van der Waals surface area contributed by atoms with Gasteiger partial charge < -0.3 is 5.32 Å². The number of nitrogens with one attached hydrogen (secondary N) is 1. The van der Waals surface area contributed by atoms with E-state index in [1.165, 1.54) is 37.5 Å². The van der Waals surface area contributed by atoms with Crippen LogP contribution in [-0.4, -0.2) is 41.2 Å². The number of likely N-dealkylation sites (tertiary alicyclic amines) is 1. The Morgan fingerprint density at radius 2 is 2.60 bits per heavy atom. The standard InChI is InChI=1S/C10H18N4S/c1-11-5-9-3-2-4-14(6-9)7-10-8-15-13-12-10/h8-9,11H,2-7H2,1H3. The summed E-state index contributed by atoms with van der Waals surface area (Å²) in [5.41, 5.74) is 1.12. The van der Waals surface area contributed by atoms with E-state index in [1.807, 2.05) is 12.4 Å². The molecule has 84 valence electrons. The van der Waals surface area contributed by atoms with E-state index < -0.39 is 0 Å². The van der Waals surface area contributed by atoms with E-state index in [1.54, 1.807) is 0 Å². The second-order valence-electron chi connectivity index (χ2n) is 4.20. The highest BCUT2D eigenvalue weighted by atomic mass is 32.1. The molecule has 1 aromatic rings. The minimum absolute atomic E-state index is 0.801. The van der Waals surface area contributed by atoms with Gasteiger partial charge in [-0.1, -0.05) is 4.49 Å². The van der Waals surface area contributed by atoms with Crippen LogP contribution in [0.25, 0.3) is 0 Å². The highest BCUT2D eigenvalue weighted by Crippen LogP contribution is 2.17. The van der Waals surface area contributed by atoms with Crippen LogP contribution in [0.5, 0.6) is 0 Å². The van der Waals surface area contributed by atoms with Crippen molar-refractivity contribution < 1.29 is 0 Å². The molecule has 15 heavy (non-hydrogen) atoms. The van der Waals surface area contributed by atoms with Crippen molar-refractivity contribution in [3.8, 4) is 0 Å². The predicted molar refractivity (Wildman–Crippen MR) is 61.8 cm³/mol. The molecule has 0 aliphatic carbocycles. The maximum atomic E-state index is 4.09. The van der Waals surface area contributed by atoms with Crippen LogP contribution in [-0.2, 0) is 6.54 Å². The monoisotopic (exact) mass is 226 g/mol. The summed E-state index contributed by atoms with van der Waals surface area (Å²) >= 11 is 1.44. The number of hydrogen-bond donors (Lipinski definition) is 1. The number of hydrogen-bond acceptors (Lipinski definition) is 5. The molecule has 0 amide bonds. The Morgan fingerprint density at radius 1 is 1.67 bits per heavy atom. The van der Waals surface area contributed by atoms with E-state index in [4.69, 9.17) is 0 Å². The fourth-order valence-electron chi connectivity index (χ4n) is 2.23. The Kier molecular flexibility index (Phi) is 4.05. The fourth-order valence-corrected chi connectivity index (χ4v) is 2.67. The van der Waals surface area contributed by atoms with Crippen LogP contribution in [0.1, 0.15) is 18.5 Å². The third-order valence-electron chi connectivity index (χ3n) is 2.89. The topological polar surface area (TPSA) is 41.0 Å². The lowest BCUT2D eigenvalue weighted by Crippen LogP contribution is -2.38. The van der Waals surface area contributed by atoms with Crippen molar-refractivity contribution in [1.29, 1.82) is 0 Å². The quantitative estimate of drug-likeness (QED) is 0.830. The normalized spacial score (nSPS) is 23.1. The number of aromatic nitrogens is 2. The number of rotatable bonds is 4. The summed E-state index contributed by atoms with van der Waals surface area (Å²) in [6, 6.07) is 0. The zero-order valence-electron chi connectivity index (χ0n) is 9.15. The van der Waals surface area contributed by atoms with E-state index in [0.29, 0.717) is 0 Å². The Bertz CT molecular complexity index is 273. The molecule has 1 saturated heterocycles. The lowest BCUT2D eigenvalue weighted by molar-refractivity contribution is 0.165. The second kappa shape index (κ2) is 5.53. The van der Waals surface area contributed by atoms with Crippen molar-refractivity contribution >= 4 is 11.5 Å². The minimum atomic E-state index is 0.801. The average molecular weight is 226 g/mol. The van der Waals surface area contributed by atoms with Crippen LogP contribution in [0.3, 0.4) is 0 Å². The van der Waals surface area contributed by atoms with Gasteiger partial charge in [-0.15, -0.1) is 5.10 Å². The Labute approximate surface area is 94.8 Å². The van der Waals surface area contributed by atoms with Gasteiger partial charge in [-0.3, -0.25) is 4.90 Å². The minimum Gasteiger partial charge on any atom is -0.319 e. The van der Waals surface area contributed by atoms with E-state index in [2.05, 4.69) is 19.8 Å². The molecule has 1 N–H and O–H groups in total. The predicted octanol–water partition coefficient (Wildman–Crippen LogP) is 0.969. The fraction of sp³-hybridized carbons (Fsp3) is 0.800. The molecule has 0 bridgehead atoms. The first kappa shape index (κ1) is 11.0. The molecule has 0 radical (unpaired) electrons. The first-order chi connectivity index (χ1) is 7.38. The molecule has 1 fully saturated rings. The van der Waals surface area contributed by atoms with Crippen molar-refractivity contribution in [2.75, 3.05) is 26.7 Å². The van der Waals surface area contributed by atoms with Gasteiger partial charge in [-0.2, -0.15) is 0 Å². The van der Waals surface area contributed by atoms with E-state index >= 15 is 0 Å². The van der Waals surface area contributed by atoms with Gasteiger partial charge in [0.25, 0.3) is 0 Å². The first-order valence-electron chi connectivity index (χ1n) is 5.51. The molecule has 0 aromatic carbocycles. The molecule has 1 unspecified atom stereocenters. The number of piperidine rings is 1. The molecule has 1 aliphatic rings. The zero-order valence-corrected chi connectivity index (χ0v) is 9.96. The van der Waals surface area contributed by atoms with E-state index in [9.17, 15) is 0 Å². The van der Waals surface area contributed by atoms with Gasteiger partial charge >= 0.3 is 0 Å². The van der Waals surface area contributed by atoms with Crippen molar-refractivity contribution in [3.05, 3.63) is 11.1 Å². The summed E-state index contributed by atoms with van der Waals surface area (Å²) in [6.07, 6.45) is 2.66. The molecular weight excluding hydrogens is 208 g/mol. The van der Waals surface area contributed by atoms with Crippen molar-refractivity contribution in [3.63, 3.8) is 0 Å². The highest BCUT2D eigenvalue weighted by Gasteiger charge is 2.19. The SMILES string of the molecule is CNCC1CCCN(Cc2csnn2)C1. The summed E-state index contributed by atoms with van der Waals surface area (Å²) in [5, 5.41) is 9.40. The maximum Gasteiger partial charge on any atom is 0.0895 e. The lowest BCUT2D eigenvalue weighted by atomic mass is 9.98. The average Bonchev–Trinajstić information content (AvgIpc) is 2.71.